The van der Waals surface area contributed by atoms with Gasteiger partial charge in [-0.1, -0.05) is 19.8 Å². The summed E-state index contributed by atoms with van der Waals surface area (Å²) in [5, 5.41) is 3.72. The molecule has 0 aromatic rings. The zero-order valence-electron chi connectivity index (χ0n) is 12.0. The van der Waals surface area contributed by atoms with Crippen molar-refractivity contribution in [2.24, 2.45) is 17.8 Å². The first-order valence-corrected chi connectivity index (χ1v) is 8.28. The van der Waals surface area contributed by atoms with E-state index in [2.05, 4.69) is 17.1 Å². The summed E-state index contributed by atoms with van der Waals surface area (Å²) in [4.78, 5) is 14.9. The number of carbonyl (C=O) groups excluding carboxylic acids is 1. The van der Waals surface area contributed by atoms with E-state index in [4.69, 9.17) is 0 Å². The highest BCUT2D eigenvalue weighted by atomic mass is 16.2. The molecule has 4 rings (SSSR count). The van der Waals surface area contributed by atoms with Gasteiger partial charge in [-0.05, 0) is 56.3 Å². The van der Waals surface area contributed by atoms with E-state index in [0.29, 0.717) is 18.0 Å². The number of nitrogens with zero attached hydrogens (tertiary/aromatic N) is 1. The van der Waals surface area contributed by atoms with Gasteiger partial charge in [0.1, 0.15) is 0 Å². The fraction of sp³-hybridized carbons (Fsp3) is 0.938. The molecule has 1 spiro atoms. The van der Waals surface area contributed by atoms with Crippen LogP contribution in [-0.4, -0.2) is 29.1 Å². The maximum Gasteiger partial charge on any atom is 0.244 e. The second-order valence-corrected chi connectivity index (χ2v) is 7.49. The molecule has 1 amide bonds. The van der Waals surface area contributed by atoms with Crippen LogP contribution in [0.3, 0.4) is 0 Å². The van der Waals surface area contributed by atoms with Crippen LogP contribution in [0.2, 0.25) is 0 Å². The van der Waals surface area contributed by atoms with Gasteiger partial charge in [-0.3, -0.25) is 10.1 Å². The molecule has 2 unspecified atom stereocenters. The molecule has 3 heteroatoms. The molecule has 1 N–H and O–H groups in total. The minimum atomic E-state index is -0.115. The lowest BCUT2D eigenvalue weighted by Crippen LogP contribution is -2.44. The van der Waals surface area contributed by atoms with Crippen molar-refractivity contribution in [3.8, 4) is 0 Å². The molecular weight excluding hydrogens is 236 g/mol. The number of carbonyl (C=O) groups is 1. The summed E-state index contributed by atoms with van der Waals surface area (Å²) in [5.41, 5.74) is -0.115. The lowest BCUT2D eigenvalue weighted by Gasteiger charge is -2.31. The number of nitrogens with one attached hydrogen (secondary N) is 1. The molecule has 0 radical (unpaired) electrons. The molecule has 2 atom stereocenters. The number of hydrogen-bond acceptors (Lipinski definition) is 2. The van der Waals surface area contributed by atoms with Gasteiger partial charge in [0.15, 0.2) is 0 Å². The lowest BCUT2D eigenvalue weighted by atomic mass is 10.0. The van der Waals surface area contributed by atoms with Crippen LogP contribution >= 0.6 is 0 Å². The summed E-state index contributed by atoms with van der Waals surface area (Å²) in [6.45, 7) is 3.34. The molecule has 3 nitrogen and oxygen atoms in total. The van der Waals surface area contributed by atoms with Gasteiger partial charge in [-0.15, -0.1) is 0 Å². The van der Waals surface area contributed by atoms with Gasteiger partial charge >= 0.3 is 0 Å². The van der Waals surface area contributed by atoms with E-state index in [9.17, 15) is 4.79 Å². The van der Waals surface area contributed by atoms with Crippen LogP contribution in [0.4, 0.5) is 0 Å². The monoisotopic (exact) mass is 262 g/mol. The maximum atomic E-state index is 12.7. The first-order valence-electron chi connectivity index (χ1n) is 8.28. The molecule has 0 bridgehead atoms. The largest absolute Gasteiger partial charge is 0.325 e. The highest BCUT2D eigenvalue weighted by Gasteiger charge is 2.60. The fourth-order valence-corrected chi connectivity index (χ4v) is 4.27. The van der Waals surface area contributed by atoms with Crippen molar-refractivity contribution in [2.45, 2.75) is 70.0 Å². The second-order valence-electron chi connectivity index (χ2n) is 7.49. The molecule has 3 aliphatic carbocycles. The normalized spacial score (nSPS) is 35.3. The number of hydrogen-bond donors (Lipinski definition) is 1. The van der Waals surface area contributed by atoms with Crippen molar-refractivity contribution in [1.29, 1.82) is 0 Å². The molecule has 19 heavy (non-hydrogen) atoms. The van der Waals surface area contributed by atoms with Crippen LogP contribution in [-0.2, 0) is 4.79 Å². The Morgan fingerprint density at radius 3 is 2.53 bits per heavy atom. The van der Waals surface area contributed by atoms with E-state index in [0.717, 1.165) is 31.2 Å². The first kappa shape index (κ1) is 12.2. The SMILES string of the molecule is CC(CN1C(=O)C2(CC2)NC1C1CCCC1)C1CC1. The fourth-order valence-electron chi connectivity index (χ4n) is 4.27. The Balaban J connectivity index is 1.51. The van der Waals surface area contributed by atoms with Crippen LogP contribution < -0.4 is 5.32 Å². The summed E-state index contributed by atoms with van der Waals surface area (Å²) in [5.74, 6) is 2.74. The molecule has 1 saturated heterocycles. The highest BCUT2D eigenvalue weighted by Crippen LogP contribution is 2.46. The Labute approximate surface area is 116 Å². The van der Waals surface area contributed by atoms with Crippen LogP contribution in [0.15, 0.2) is 0 Å². The minimum absolute atomic E-state index is 0.115. The molecule has 4 fully saturated rings. The Morgan fingerprint density at radius 1 is 1.26 bits per heavy atom. The van der Waals surface area contributed by atoms with Gasteiger partial charge in [0, 0.05) is 6.54 Å². The number of amides is 1. The van der Waals surface area contributed by atoms with Gasteiger partial charge in [0.2, 0.25) is 5.91 Å². The van der Waals surface area contributed by atoms with Crippen molar-refractivity contribution >= 4 is 5.91 Å². The van der Waals surface area contributed by atoms with Crippen LogP contribution in [0.25, 0.3) is 0 Å². The van der Waals surface area contributed by atoms with Crippen molar-refractivity contribution in [3.63, 3.8) is 0 Å². The van der Waals surface area contributed by atoms with Gasteiger partial charge in [0.05, 0.1) is 11.7 Å². The summed E-state index contributed by atoms with van der Waals surface area (Å²) in [6, 6.07) is 0. The van der Waals surface area contributed by atoms with Crippen LogP contribution in [0.5, 0.6) is 0 Å². The second kappa shape index (κ2) is 4.21. The van der Waals surface area contributed by atoms with E-state index in [-0.39, 0.29) is 5.54 Å². The predicted octanol–water partition coefficient (Wildman–Crippen LogP) is 2.51. The quantitative estimate of drug-likeness (QED) is 0.844. The molecule has 1 aliphatic heterocycles. The number of rotatable bonds is 4. The Morgan fingerprint density at radius 2 is 1.95 bits per heavy atom. The maximum absolute atomic E-state index is 12.7. The Hall–Kier alpha value is -0.570. The standard InChI is InChI=1S/C16H26N2O/c1-11(12-6-7-12)10-18-14(13-4-2-3-5-13)17-16(8-9-16)15(18)19/h11-14,17H,2-10H2,1H3. The molecule has 106 valence electrons. The van der Waals surface area contributed by atoms with Gasteiger partial charge in [-0.25, -0.2) is 0 Å². The highest BCUT2D eigenvalue weighted by molar-refractivity contribution is 5.91. The molecular formula is C16H26N2O. The molecule has 4 aliphatic rings. The van der Waals surface area contributed by atoms with Crippen molar-refractivity contribution < 1.29 is 4.79 Å². The van der Waals surface area contributed by atoms with Gasteiger partial charge < -0.3 is 4.90 Å². The zero-order chi connectivity index (χ0) is 13.0. The summed E-state index contributed by atoms with van der Waals surface area (Å²) < 4.78 is 0. The van der Waals surface area contributed by atoms with E-state index in [1.807, 2.05) is 0 Å². The third-order valence-corrected chi connectivity index (χ3v) is 5.94. The smallest absolute Gasteiger partial charge is 0.244 e. The van der Waals surface area contributed by atoms with Gasteiger partial charge in [0.25, 0.3) is 0 Å². The van der Waals surface area contributed by atoms with Crippen molar-refractivity contribution in [2.75, 3.05) is 6.54 Å². The van der Waals surface area contributed by atoms with E-state index >= 15 is 0 Å². The summed E-state index contributed by atoms with van der Waals surface area (Å²) in [7, 11) is 0. The molecule has 1 heterocycles. The van der Waals surface area contributed by atoms with Gasteiger partial charge in [-0.2, -0.15) is 0 Å². The third kappa shape index (κ3) is 2.01. The van der Waals surface area contributed by atoms with E-state index < -0.39 is 0 Å². The molecule has 3 saturated carbocycles. The molecule has 0 aromatic heterocycles. The van der Waals surface area contributed by atoms with E-state index in [1.54, 1.807) is 0 Å². The Kier molecular flexibility index (Phi) is 2.70. The zero-order valence-corrected chi connectivity index (χ0v) is 12.0. The van der Waals surface area contributed by atoms with E-state index in [1.165, 1.54) is 38.5 Å². The lowest BCUT2D eigenvalue weighted by molar-refractivity contribution is -0.132. The van der Waals surface area contributed by atoms with Crippen molar-refractivity contribution in [1.82, 2.24) is 10.2 Å². The topological polar surface area (TPSA) is 32.3 Å². The van der Waals surface area contributed by atoms with Crippen LogP contribution in [0.1, 0.15) is 58.3 Å². The minimum Gasteiger partial charge on any atom is -0.325 e. The summed E-state index contributed by atoms with van der Waals surface area (Å²) >= 11 is 0. The van der Waals surface area contributed by atoms with Crippen LogP contribution in [0, 0.1) is 17.8 Å². The molecule has 0 aromatic carbocycles. The average molecular weight is 262 g/mol. The van der Waals surface area contributed by atoms with Crippen molar-refractivity contribution in [3.05, 3.63) is 0 Å². The summed E-state index contributed by atoms with van der Waals surface area (Å²) in [6.07, 6.45) is 10.6. The average Bonchev–Trinajstić information content (AvgIpc) is 3.31. The predicted molar refractivity (Wildman–Crippen MR) is 74.4 cm³/mol. The third-order valence-electron chi connectivity index (χ3n) is 5.94. The first-order chi connectivity index (χ1) is 9.20. The Bertz CT molecular complexity index is 380.